The van der Waals surface area contributed by atoms with Crippen LogP contribution in [0.3, 0.4) is 0 Å². The Morgan fingerprint density at radius 1 is 1.40 bits per heavy atom. The van der Waals surface area contributed by atoms with E-state index in [-0.39, 0.29) is 11.9 Å². The molecule has 25 heavy (non-hydrogen) atoms. The lowest BCUT2D eigenvalue weighted by Crippen LogP contribution is -2.30. The number of nitrogens with zero attached hydrogens (tertiary/aromatic N) is 3. The summed E-state index contributed by atoms with van der Waals surface area (Å²) in [4.78, 5) is 19.4. The third-order valence-electron chi connectivity index (χ3n) is 4.59. The first-order valence-corrected chi connectivity index (χ1v) is 8.67. The number of hydrogen-bond acceptors (Lipinski definition) is 3. The number of aromatic nitrogens is 2. The Morgan fingerprint density at radius 2 is 2.20 bits per heavy atom. The predicted octanol–water partition coefficient (Wildman–Crippen LogP) is 2.94. The highest BCUT2D eigenvalue weighted by molar-refractivity contribution is 6.34. The van der Waals surface area contributed by atoms with Gasteiger partial charge in [-0.2, -0.15) is 0 Å². The Labute approximate surface area is 151 Å². The summed E-state index contributed by atoms with van der Waals surface area (Å²) in [6, 6.07) is 5.36. The van der Waals surface area contributed by atoms with Crippen LogP contribution in [-0.4, -0.2) is 37.6 Å². The van der Waals surface area contributed by atoms with Crippen LogP contribution in [0.4, 0.5) is 0 Å². The third kappa shape index (κ3) is 2.62. The summed E-state index contributed by atoms with van der Waals surface area (Å²) in [5, 5.41) is 10.4. The zero-order valence-corrected chi connectivity index (χ0v) is 14.8. The van der Waals surface area contributed by atoms with Gasteiger partial charge in [0.2, 0.25) is 0 Å². The lowest BCUT2D eigenvalue weighted by atomic mass is 10.1. The fraction of sp³-hybridized carbons (Fsp3) is 0.368. The van der Waals surface area contributed by atoms with Gasteiger partial charge in [-0.1, -0.05) is 23.6 Å². The molecule has 1 N–H and O–H groups in total. The van der Waals surface area contributed by atoms with Crippen LogP contribution in [0.1, 0.15) is 54.5 Å². The van der Waals surface area contributed by atoms with Gasteiger partial charge in [0.15, 0.2) is 0 Å². The number of halogens is 1. The van der Waals surface area contributed by atoms with Crippen molar-refractivity contribution in [3.05, 3.63) is 46.5 Å². The van der Waals surface area contributed by atoms with Gasteiger partial charge >= 0.3 is 0 Å². The van der Waals surface area contributed by atoms with Crippen molar-refractivity contribution in [2.45, 2.75) is 38.3 Å². The van der Waals surface area contributed by atoms with Gasteiger partial charge in [0.25, 0.3) is 5.91 Å². The molecule has 128 valence electrons. The zero-order chi connectivity index (χ0) is 17.8. The smallest absolute Gasteiger partial charge is 0.258 e. The standard InChI is InChI=1S/C19H18ClN3O2/c1-19(2,25)9-8-13-17-15-7-4-10-22(15)18(24)16-12(20)5-3-6-14(16)23(17)11-21-13/h3,5-6,11,15,25H,4,7,10H2,1-2H3/t15-/m0/s1. The minimum Gasteiger partial charge on any atom is -0.378 e. The maximum absolute atomic E-state index is 13.1. The Morgan fingerprint density at radius 3 is 2.96 bits per heavy atom. The van der Waals surface area contributed by atoms with Gasteiger partial charge < -0.3 is 10.0 Å². The number of hydrogen-bond donors (Lipinski definition) is 1. The summed E-state index contributed by atoms with van der Waals surface area (Å²) in [6.07, 6.45) is 3.48. The summed E-state index contributed by atoms with van der Waals surface area (Å²) in [5.41, 5.74) is 1.62. The number of imidazole rings is 1. The van der Waals surface area contributed by atoms with E-state index in [2.05, 4.69) is 16.8 Å². The van der Waals surface area contributed by atoms with Gasteiger partial charge in [-0.05, 0) is 44.7 Å². The largest absolute Gasteiger partial charge is 0.378 e. The average molecular weight is 356 g/mol. The van der Waals surface area contributed by atoms with E-state index < -0.39 is 5.60 Å². The van der Waals surface area contributed by atoms with E-state index in [0.29, 0.717) is 22.8 Å². The first kappa shape index (κ1) is 16.2. The quantitative estimate of drug-likeness (QED) is 0.739. The van der Waals surface area contributed by atoms with Crippen LogP contribution in [0, 0.1) is 11.8 Å². The lowest BCUT2D eigenvalue weighted by Gasteiger charge is -2.22. The number of fused-ring (bicyclic) bond motifs is 5. The van der Waals surface area contributed by atoms with Crippen LogP contribution in [0.2, 0.25) is 5.02 Å². The van der Waals surface area contributed by atoms with Crippen LogP contribution in [0.25, 0.3) is 5.69 Å². The molecule has 3 heterocycles. The molecule has 0 aliphatic carbocycles. The molecular formula is C19H18ClN3O2. The van der Waals surface area contributed by atoms with E-state index in [4.69, 9.17) is 11.6 Å². The van der Waals surface area contributed by atoms with Crippen molar-refractivity contribution >= 4 is 17.5 Å². The van der Waals surface area contributed by atoms with Crippen molar-refractivity contribution in [2.24, 2.45) is 0 Å². The SMILES string of the molecule is CC(C)(O)C#Cc1ncn2c1[C@@H]1CCCN1C(=O)c1c(Cl)cccc1-2. The number of amides is 1. The number of benzene rings is 1. The maximum Gasteiger partial charge on any atom is 0.258 e. The molecule has 0 bridgehead atoms. The van der Waals surface area contributed by atoms with Crippen LogP contribution in [0.5, 0.6) is 0 Å². The highest BCUT2D eigenvalue weighted by Crippen LogP contribution is 2.41. The monoisotopic (exact) mass is 355 g/mol. The molecule has 4 rings (SSSR count). The molecule has 6 heteroatoms. The van der Waals surface area contributed by atoms with Crippen LogP contribution >= 0.6 is 11.6 Å². The molecule has 1 atom stereocenters. The van der Waals surface area contributed by atoms with Crippen molar-refractivity contribution in [3.63, 3.8) is 0 Å². The van der Waals surface area contributed by atoms with Crippen molar-refractivity contribution in [1.29, 1.82) is 0 Å². The van der Waals surface area contributed by atoms with Gasteiger partial charge in [0, 0.05) is 6.54 Å². The number of aliphatic hydroxyl groups is 1. The average Bonchev–Trinajstić information content (AvgIpc) is 3.15. The summed E-state index contributed by atoms with van der Waals surface area (Å²) in [5.74, 6) is 5.76. The van der Waals surface area contributed by atoms with Crippen molar-refractivity contribution in [2.75, 3.05) is 6.54 Å². The highest BCUT2D eigenvalue weighted by atomic mass is 35.5. The molecule has 1 amide bonds. The topological polar surface area (TPSA) is 58.4 Å². The summed E-state index contributed by atoms with van der Waals surface area (Å²) in [7, 11) is 0. The molecule has 1 fully saturated rings. The molecule has 0 unspecified atom stereocenters. The molecule has 0 radical (unpaired) electrons. The minimum atomic E-state index is -1.10. The lowest BCUT2D eigenvalue weighted by molar-refractivity contribution is 0.0738. The molecule has 5 nitrogen and oxygen atoms in total. The molecule has 1 saturated heterocycles. The van der Waals surface area contributed by atoms with Gasteiger partial charge in [0.05, 0.1) is 28.0 Å². The van der Waals surface area contributed by atoms with Crippen molar-refractivity contribution in [1.82, 2.24) is 14.5 Å². The zero-order valence-electron chi connectivity index (χ0n) is 14.1. The fourth-order valence-corrected chi connectivity index (χ4v) is 3.79. The maximum atomic E-state index is 13.1. The molecule has 2 aliphatic rings. The van der Waals surface area contributed by atoms with E-state index in [0.717, 1.165) is 24.2 Å². The molecule has 2 aliphatic heterocycles. The van der Waals surface area contributed by atoms with Gasteiger partial charge in [0.1, 0.15) is 17.6 Å². The van der Waals surface area contributed by atoms with Crippen molar-refractivity contribution in [3.8, 4) is 17.5 Å². The Kier molecular flexibility index (Phi) is 3.64. The normalized spacial score (nSPS) is 18.8. The van der Waals surface area contributed by atoms with E-state index in [1.165, 1.54) is 0 Å². The number of rotatable bonds is 0. The molecular weight excluding hydrogens is 338 g/mol. The number of carbonyl (C=O) groups excluding carboxylic acids is 1. The predicted molar refractivity (Wildman–Crippen MR) is 94.8 cm³/mol. The summed E-state index contributed by atoms with van der Waals surface area (Å²) >= 11 is 6.35. The van der Waals surface area contributed by atoms with Crippen LogP contribution in [0.15, 0.2) is 24.5 Å². The molecule has 0 spiro atoms. The van der Waals surface area contributed by atoms with Crippen molar-refractivity contribution < 1.29 is 9.90 Å². The van der Waals surface area contributed by atoms with Gasteiger partial charge in [-0.3, -0.25) is 9.36 Å². The Bertz CT molecular complexity index is 930. The van der Waals surface area contributed by atoms with E-state index in [1.807, 2.05) is 21.6 Å². The second-order valence-electron chi connectivity index (χ2n) is 6.95. The Balaban J connectivity index is 1.98. The van der Waals surface area contributed by atoms with E-state index >= 15 is 0 Å². The minimum absolute atomic E-state index is 0.0480. The second-order valence-corrected chi connectivity index (χ2v) is 7.36. The van der Waals surface area contributed by atoms with Crippen LogP contribution in [-0.2, 0) is 0 Å². The summed E-state index contributed by atoms with van der Waals surface area (Å²) < 4.78 is 1.92. The molecule has 0 saturated carbocycles. The summed E-state index contributed by atoms with van der Waals surface area (Å²) in [6.45, 7) is 3.96. The van der Waals surface area contributed by atoms with Crippen LogP contribution < -0.4 is 0 Å². The molecule has 2 aromatic rings. The fourth-order valence-electron chi connectivity index (χ4n) is 3.54. The number of carbonyl (C=O) groups is 1. The van der Waals surface area contributed by atoms with E-state index in [9.17, 15) is 9.90 Å². The second kappa shape index (κ2) is 5.62. The molecule has 1 aromatic carbocycles. The molecule has 1 aromatic heterocycles. The third-order valence-corrected chi connectivity index (χ3v) is 4.90. The first-order chi connectivity index (χ1) is 11.9. The highest BCUT2D eigenvalue weighted by Gasteiger charge is 2.39. The van der Waals surface area contributed by atoms with Gasteiger partial charge in [-0.15, -0.1) is 0 Å². The van der Waals surface area contributed by atoms with Gasteiger partial charge in [-0.25, -0.2) is 4.98 Å². The Hall–Kier alpha value is -2.29. The first-order valence-electron chi connectivity index (χ1n) is 8.29. The van der Waals surface area contributed by atoms with E-state index in [1.54, 1.807) is 26.2 Å².